The molecule has 3 rings (SSSR count). The van der Waals surface area contributed by atoms with Gasteiger partial charge in [-0.15, -0.1) is 0 Å². The van der Waals surface area contributed by atoms with E-state index in [9.17, 15) is 13.2 Å². The van der Waals surface area contributed by atoms with Gasteiger partial charge in [0, 0.05) is 37.7 Å². The number of hydrogen-bond donors (Lipinski definition) is 1. The fourth-order valence-corrected chi connectivity index (χ4v) is 4.61. The molecule has 0 saturated carbocycles. The van der Waals surface area contributed by atoms with E-state index >= 15 is 0 Å². The molecule has 0 aromatic heterocycles. The molecular weight excluding hydrogens is 422 g/mol. The lowest BCUT2D eigenvalue weighted by Gasteiger charge is -2.35. The second kappa shape index (κ2) is 10.2. The molecule has 2 aromatic rings. The Morgan fingerprint density at radius 3 is 2.33 bits per heavy atom. The van der Waals surface area contributed by atoms with Crippen LogP contribution in [-0.2, 0) is 14.8 Å². The van der Waals surface area contributed by atoms with Crippen molar-refractivity contribution in [2.24, 2.45) is 0 Å². The second-order valence-corrected chi connectivity index (χ2v) is 9.39. The quantitative estimate of drug-likeness (QED) is 0.708. The van der Waals surface area contributed by atoms with E-state index in [-0.39, 0.29) is 10.8 Å². The van der Waals surface area contributed by atoms with Gasteiger partial charge >= 0.3 is 0 Å². The lowest BCUT2D eigenvalue weighted by molar-refractivity contribution is -0.134. The zero-order valence-corrected chi connectivity index (χ0v) is 18.4. The van der Waals surface area contributed by atoms with Crippen LogP contribution >= 0.6 is 11.6 Å². The number of benzene rings is 2. The van der Waals surface area contributed by atoms with Gasteiger partial charge in [0.15, 0.2) is 0 Å². The largest absolute Gasteiger partial charge is 0.339 e. The van der Waals surface area contributed by atoms with Crippen LogP contribution in [0.4, 0.5) is 0 Å². The summed E-state index contributed by atoms with van der Waals surface area (Å²) in [6.07, 6.45) is 4.21. The number of halogens is 1. The molecule has 30 heavy (non-hydrogen) atoms. The Morgan fingerprint density at radius 1 is 1.07 bits per heavy atom. The van der Waals surface area contributed by atoms with Crippen LogP contribution in [0.2, 0.25) is 5.02 Å². The predicted molar refractivity (Wildman–Crippen MR) is 120 cm³/mol. The average Bonchev–Trinajstić information content (AvgIpc) is 2.74. The van der Waals surface area contributed by atoms with Crippen molar-refractivity contribution < 1.29 is 13.2 Å². The van der Waals surface area contributed by atoms with Crippen LogP contribution in [0.5, 0.6) is 0 Å². The number of carbonyl (C=O) groups excluding carboxylic acids is 1. The lowest BCUT2D eigenvalue weighted by atomic mass is 10.2. The zero-order chi connectivity index (χ0) is 21.6. The van der Waals surface area contributed by atoms with Crippen molar-refractivity contribution in [3.8, 4) is 0 Å². The number of rotatable bonds is 7. The van der Waals surface area contributed by atoms with Crippen LogP contribution in [-0.4, -0.2) is 62.9 Å². The molecule has 0 radical (unpaired) electrons. The maximum Gasteiger partial charge on any atom is 0.241 e. The molecule has 1 aliphatic heterocycles. The molecule has 2 aromatic carbocycles. The number of amides is 1. The van der Waals surface area contributed by atoms with E-state index in [0.29, 0.717) is 18.1 Å². The van der Waals surface area contributed by atoms with Crippen molar-refractivity contribution in [3.63, 3.8) is 0 Å². The number of piperazine rings is 1. The van der Waals surface area contributed by atoms with E-state index in [4.69, 9.17) is 11.6 Å². The van der Waals surface area contributed by atoms with E-state index in [0.717, 1.165) is 25.2 Å². The molecule has 1 saturated heterocycles. The van der Waals surface area contributed by atoms with Gasteiger partial charge in [0.2, 0.25) is 15.9 Å². The standard InChI is InChI=1S/C22H26ClN3O3S/c1-18(24-30(28,29)21-11-9-20(23)10-12-21)22(27)26-16-14-25(15-17-26)13-5-8-19-6-3-2-4-7-19/h2-12,18,24H,13-17H2,1H3/t18-/m0/s1. The first-order valence-corrected chi connectivity index (χ1v) is 11.7. The van der Waals surface area contributed by atoms with Gasteiger partial charge in [-0.2, -0.15) is 4.72 Å². The summed E-state index contributed by atoms with van der Waals surface area (Å²) < 4.78 is 27.4. The topological polar surface area (TPSA) is 69.7 Å². The Kier molecular flexibility index (Phi) is 7.66. The number of nitrogens with zero attached hydrogens (tertiary/aromatic N) is 2. The van der Waals surface area contributed by atoms with E-state index in [2.05, 4.69) is 33.9 Å². The third-order valence-corrected chi connectivity index (χ3v) is 6.79. The van der Waals surface area contributed by atoms with Crippen LogP contribution in [0.3, 0.4) is 0 Å². The highest BCUT2D eigenvalue weighted by molar-refractivity contribution is 7.89. The third kappa shape index (κ3) is 6.15. The highest BCUT2D eigenvalue weighted by atomic mass is 35.5. The van der Waals surface area contributed by atoms with E-state index in [1.165, 1.54) is 24.3 Å². The minimum absolute atomic E-state index is 0.0848. The molecule has 160 valence electrons. The number of sulfonamides is 1. The minimum atomic E-state index is -3.78. The SMILES string of the molecule is C[C@H](NS(=O)(=O)c1ccc(Cl)cc1)C(=O)N1CCN(CC=Cc2ccccc2)CC1. The maximum atomic E-state index is 12.7. The molecule has 1 N–H and O–H groups in total. The molecule has 1 amide bonds. The molecule has 1 atom stereocenters. The van der Waals surface area contributed by atoms with Crippen LogP contribution in [0.15, 0.2) is 65.6 Å². The average molecular weight is 448 g/mol. The molecule has 6 nitrogen and oxygen atoms in total. The van der Waals surface area contributed by atoms with Crippen molar-refractivity contribution in [1.29, 1.82) is 0 Å². The van der Waals surface area contributed by atoms with Crippen molar-refractivity contribution in [2.75, 3.05) is 32.7 Å². The molecule has 1 fully saturated rings. The Bertz CT molecular complexity index is 970. The normalized spacial score (nSPS) is 16.7. The van der Waals surface area contributed by atoms with Gasteiger partial charge < -0.3 is 4.90 Å². The highest BCUT2D eigenvalue weighted by Crippen LogP contribution is 2.15. The summed E-state index contributed by atoms with van der Waals surface area (Å²) in [6.45, 7) is 5.04. The summed E-state index contributed by atoms with van der Waals surface area (Å²) in [7, 11) is -3.78. The maximum absolute atomic E-state index is 12.7. The van der Waals surface area contributed by atoms with Gasteiger partial charge in [0.1, 0.15) is 0 Å². The lowest BCUT2D eigenvalue weighted by Crippen LogP contribution is -2.54. The smallest absolute Gasteiger partial charge is 0.241 e. The Hall–Kier alpha value is -2.19. The van der Waals surface area contributed by atoms with E-state index < -0.39 is 16.1 Å². The van der Waals surface area contributed by atoms with Crippen molar-refractivity contribution in [2.45, 2.75) is 17.9 Å². The second-order valence-electron chi connectivity index (χ2n) is 7.24. The van der Waals surface area contributed by atoms with Crippen LogP contribution < -0.4 is 4.72 Å². The van der Waals surface area contributed by atoms with Gasteiger partial charge in [-0.1, -0.05) is 54.1 Å². The van der Waals surface area contributed by atoms with E-state index in [1.54, 1.807) is 11.8 Å². The minimum Gasteiger partial charge on any atom is -0.339 e. The molecule has 1 heterocycles. The summed E-state index contributed by atoms with van der Waals surface area (Å²) in [5, 5.41) is 0.453. The summed E-state index contributed by atoms with van der Waals surface area (Å²) in [6, 6.07) is 15.1. The molecule has 0 spiro atoms. The van der Waals surface area contributed by atoms with Gasteiger partial charge in [-0.05, 0) is 36.8 Å². The summed E-state index contributed by atoms with van der Waals surface area (Å²) >= 11 is 5.81. The Labute approximate surface area is 183 Å². The number of carbonyl (C=O) groups is 1. The summed E-state index contributed by atoms with van der Waals surface area (Å²) in [4.78, 5) is 16.8. The number of hydrogen-bond acceptors (Lipinski definition) is 4. The van der Waals surface area contributed by atoms with Crippen LogP contribution in [0.1, 0.15) is 12.5 Å². The molecule has 1 aliphatic rings. The van der Waals surface area contributed by atoms with Gasteiger partial charge in [0.05, 0.1) is 10.9 Å². The Balaban J connectivity index is 1.48. The first-order valence-electron chi connectivity index (χ1n) is 9.86. The predicted octanol–water partition coefficient (Wildman–Crippen LogP) is 2.86. The monoisotopic (exact) mass is 447 g/mol. The fraction of sp³-hybridized carbons (Fsp3) is 0.318. The summed E-state index contributed by atoms with van der Waals surface area (Å²) in [5.74, 6) is -0.216. The van der Waals surface area contributed by atoms with Gasteiger partial charge in [-0.3, -0.25) is 9.69 Å². The van der Waals surface area contributed by atoms with Crippen LogP contribution in [0, 0.1) is 0 Å². The van der Waals surface area contributed by atoms with Gasteiger partial charge in [0.25, 0.3) is 0 Å². The fourth-order valence-electron chi connectivity index (χ4n) is 3.29. The zero-order valence-electron chi connectivity index (χ0n) is 16.9. The molecule has 0 aliphatic carbocycles. The Morgan fingerprint density at radius 2 is 1.70 bits per heavy atom. The third-order valence-electron chi connectivity index (χ3n) is 4.98. The first kappa shape index (κ1) is 22.5. The molecule has 0 unspecified atom stereocenters. The van der Waals surface area contributed by atoms with Crippen LogP contribution in [0.25, 0.3) is 6.08 Å². The van der Waals surface area contributed by atoms with E-state index in [1.807, 2.05) is 18.2 Å². The summed E-state index contributed by atoms with van der Waals surface area (Å²) in [5.41, 5.74) is 1.16. The molecular formula is C22H26ClN3O3S. The van der Waals surface area contributed by atoms with Crippen molar-refractivity contribution >= 4 is 33.6 Å². The molecule has 0 bridgehead atoms. The van der Waals surface area contributed by atoms with Crippen molar-refractivity contribution in [1.82, 2.24) is 14.5 Å². The van der Waals surface area contributed by atoms with Gasteiger partial charge in [-0.25, -0.2) is 8.42 Å². The first-order chi connectivity index (χ1) is 14.3. The van der Waals surface area contributed by atoms with Crippen molar-refractivity contribution in [3.05, 3.63) is 71.3 Å². The molecule has 8 heteroatoms. The number of nitrogens with one attached hydrogen (secondary N) is 1. The highest BCUT2D eigenvalue weighted by Gasteiger charge is 2.28.